The number of ether oxygens (including phenoxy) is 3. The molecule has 118 valence electrons. The molecule has 0 radical (unpaired) electrons. The average Bonchev–Trinajstić information content (AvgIpc) is 2.35. The number of hydrogen-bond acceptors (Lipinski definition) is 4. The lowest BCUT2D eigenvalue weighted by molar-refractivity contribution is -0.400. The van der Waals surface area contributed by atoms with E-state index in [-0.39, 0.29) is 11.3 Å². The van der Waals surface area contributed by atoms with Crippen LogP contribution >= 0.6 is 0 Å². The molecular formula is C16H30O4. The number of ketones is 1. The molecule has 1 saturated carbocycles. The van der Waals surface area contributed by atoms with Gasteiger partial charge in [0.15, 0.2) is 0 Å². The van der Waals surface area contributed by atoms with Crippen LogP contribution in [0.5, 0.6) is 0 Å². The maximum atomic E-state index is 11.2. The van der Waals surface area contributed by atoms with E-state index in [9.17, 15) is 4.79 Å². The molecule has 4 heteroatoms. The third kappa shape index (κ3) is 4.27. The summed E-state index contributed by atoms with van der Waals surface area (Å²) >= 11 is 0. The number of rotatable bonds is 10. The molecule has 0 saturated heterocycles. The molecule has 1 atom stereocenters. The van der Waals surface area contributed by atoms with Crippen LogP contribution in [-0.4, -0.2) is 31.6 Å². The Morgan fingerprint density at radius 3 is 1.90 bits per heavy atom. The quantitative estimate of drug-likeness (QED) is 0.576. The van der Waals surface area contributed by atoms with E-state index in [4.69, 9.17) is 14.2 Å². The molecule has 4 nitrogen and oxygen atoms in total. The second-order valence-corrected chi connectivity index (χ2v) is 6.05. The maximum absolute atomic E-state index is 11.2. The average molecular weight is 286 g/mol. The van der Waals surface area contributed by atoms with Crippen molar-refractivity contribution in [2.45, 2.75) is 66.3 Å². The van der Waals surface area contributed by atoms with E-state index in [0.29, 0.717) is 38.4 Å². The first-order valence-electron chi connectivity index (χ1n) is 7.85. The Labute approximate surface area is 123 Å². The molecule has 20 heavy (non-hydrogen) atoms. The van der Waals surface area contributed by atoms with Crippen molar-refractivity contribution in [1.29, 1.82) is 0 Å². The van der Waals surface area contributed by atoms with Crippen molar-refractivity contribution >= 4 is 5.78 Å². The normalized spacial score (nSPS) is 19.8. The molecule has 0 N–H and O–H groups in total. The van der Waals surface area contributed by atoms with E-state index in [0.717, 1.165) is 12.8 Å². The molecule has 0 amide bonds. The van der Waals surface area contributed by atoms with Crippen molar-refractivity contribution in [1.82, 2.24) is 0 Å². The van der Waals surface area contributed by atoms with Crippen LogP contribution in [-0.2, 0) is 19.0 Å². The number of carbonyl (C=O) groups excluding carboxylic acids is 1. The summed E-state index contributed by atoms with van der Waals surface area (Å²) < 4.78 is 17.4. The third-order valence-electron chi connectivity index (χ3n) is 4.07. The molecule has 0 aromatic heterocycles. The third-order valence-corrected chi connectivity index (χ3v) is 4.07. The van der Waals surface area contributed by atoms with Crippen LogP contribution in [0.1, 0.15) is 60.3 Å². The highest BCUT2D eigenvalue weighted by molar-refractivity contribution is 5.85. The van der Waals surface area contributed by atoms with Gasteiger partial charge in [0.25, 0.3) is 5.97 Å². The lowest BCUT2D eigenvalue weighted by Gasteiger charge is -2.41. The van der Waals surface area contributed by atoms with Crippen molar-refractivity contribution in [2.75, 3.05) is 19.8 Å². The Hall–Kier alpha value is -0.450. The first-order chi connectivity index (χ1) is 9.41. The molecule has 0 heterocycles. The van der Waals surface area contributed by atoms with Crippen molar-refractivity contribution in [3.05, 3.63) is 0 Å². The highest BCUT2D eigenvalue weighted by Gasteiger charge is 2.43. The summed E-state index contributed by atoms with van der Waals surface area (Å²) in [5.74, 6) is -0.428. The van der Waals surface area contributed by atoms with Crippen molar-refractivity contribution < 1.29 is 19.0 Å². The summed E-state index contributed by atoms with van der Waals surface area (Å²) in [6.45, 7) is 11.8. The Balaban J connectivity index is 2.61. The minimum Gasteiger partial charge on any atom is -0.328 e. The van der Waals surface area contributed by atoms with Gasteiger partial charge in [-0.2, -0.15) is 0 Å². The van der Waals surface area contributed by atoms with E-state index in [1.165, 1.54) is 0 Å². The minimum absolute atomic E-state index is 0.134. The predicted octanol–water partition coefficient (Wildman–Crippen LogP) is 3.54. The molecular weight excluding hydrogens is 256 g/mol. The second kappa shape index (κ2) is 7.53. The first-order valence-corrected chi connectivity index (χ1v) is 7.85. The van der Waals surface area contributed by atoms with Gasteiger partial charge in [-0.25, -0.2) is 0 Å². The summed E-state index contributed by atoms with van der Waals surface area (Å²) in [6.07, 6.45) is 3.37. The largest absolute Gasteiger partial charge is 0.328 e. The van der Waals surface area contributed by atoms with E-state index in [1.54, 1.807) is 0 Å². The standard InChI is InChI=1S/C16H30O4/c1-6-18-16(19-7-2,20-8-3)13(4)9-10-15(5)11-14(17)12-15/h13H,6-12H2,1-5H3. The minimum atomic E-state index is -0.942. The van der Waals surface area contributed by atoms with E-state index >= 15 is 0 Å². The zero-order chi connectivity index (χ0) is 15.2. The zero-order valence-corrected chi connectivity index (χ0v) is 13.7. The van der Waals surface area contributed by atoms with Gasteiger partial charge >= 0.3 is 0 Å². The van der Waals surface area contributed by atoms with Gasteiger partial charge in [-0.3, -0.25) is 4.79 Å². The van der Waals surface area contributed by atoms with Crippen LogP contribution in [0.25, 0.3) is 0 Å². The van der Waals surface area contributed by atoms with Gasteiger partial charge < -0.3 is 14.2 Å². The Morgan fingerprint density at radius 1 is 1.10 bits per heavy atom. The van der Waals surface area contributed by atoms with Crippen molar-refractivity contribution in [3.63, 3.8) is 0 Å². The molecule has 1 rings (SSSR count). The van der Waals surface area contributed by atoms with Gasteiger partial charge in [-0.05, 0) is 39.0 Å². The molecule has 1 unspecified atom stereocenters. The monoisotopic (exact) mass is 286 g/mol. The zero-order valence-electron chi connectivity index (χ0n) is 13.7. The fraction of sp³-hybridized carbons (Fsp3) is 0.938. The Morgan fingerprint density at radius 2 is 1.55 bits per heavy atom. The highest BCUT2D eigenvalue weighted by atomic mass is 16.9. The summed E-state index contributed by atoms with van der Waals surface area (Å²) in [7, 11) is 0. The summed E-state index contributed by atoms with van der Waals surface area (Å²) in [5, 5.41) is 0. The van der Waals surface area contributed by atoms with Crippen molar-refractivity contribution in [3.8, 4) is 0 Å². The Bertz CT molecular complexity index is 289. The molecule has 0 aromatic carbocycles. The van der Waals surface area contributed by atoms with E-state index in [1.807, 2.05) is 20.8 Å². The predicted molar refractivity (Wildman–Crippen MR) is 78.4 cm³/mol. The van der Waals surface area contributed by atoms with Gasteiger partial charge in [0.1, 0.15) is 5.78 Å². The van der Waals surface area contributed by atoms with Crippen LogP contribution in [0.3, 0.4) is 0 Å². The summed E-state index contributed by atoms with van der Waals surface area (Å²) in [5.41, 5.74) is 0.168. The summed E-state index contributed by atoms with van der Waals surface area (Å²) in [4.78, 5) is 11.2. The smallest absolute Gasteiger partial charge is 0.285 e. The number of carbonyl (C=O) groups is 1. The van der Waals surface area contributed by atoms with Crippen LogP contribution in [0.2, 0.25) is 0 Å². The van der Waals surface area contributed by atoms with Crippen LogP contribution in [0.4, 0.5) is 0 Å². The number of Topliss-reactive ketones (excluding diaryl/α,β-unsaturated/α-hetero) is 1. The fourth-order valence-electron chi connectivity index (χ4n) is 2.97. The lowest BCUT2D eigenvalue weighted by Crippen LogP contribution is -2.46. The maximum Gasteiger partial charge on any atom is 0.285 e. The molecule has 0 spiro atoms. The van der Waals surface area contributed by atoms with Crippen molar-refractivity contribution in [2.24, 2.45) is 11.3 Å². The molecule has 1 fully saturated rings. The second-order valence-electron chi connectivity index (χ2n) is 6.05. The number of hydrogen-bond donors (Lipinski definition) is 0. The van der Waals surface area contributed by atoms with Gasteiger partial charge in [-0.1, -0.05) is 13.8 Å². The molecule has 1 aliphatic carbocycles. The van der Waals surface area contributed by atoms with E-state index in [2.05, 4.69) is 13.8 Å². The Kier molecular flexibility index (Phi) is 6.62. The van der Waals surface area contributed by atoms with Gasteiger partial charge in [0.2, 0.25) is 0 Å². The van der Waals surface area contributed by atoms with Gasteiger partial charge in [0, 0.05) is 38.6 Å². The van der Waals surface area contributed by atoms with Gasteiger partial charge in [0.05, 0.1) is 0 Å². The molecule has 1 aliphatic rings. The topological polar surface area (TPSA) is 44.8 Å². The molecule has 0 aromatic rings. The van der Waals surface area contributed by atoms with E-state index < -0.39 is 5.97 Å². The molecule has 0 bridgehead atoms. The summed E-state index contributed by atoms with van der Waals surface area (Å²) in [6, 6.07) is 0. The van der Waals surface area contributed by atoms with Crippen LogP contribution < -0.4 is 0 Å². The molecule has 0 aliphatic heterocycles. The first kappa shape index (κ1) is 17.6. The lowest BCUT2D eigenvalue weighted by atomic mass is 9.66. The van der Waals surface area contributed by atoms with Gasteiger partial charge in [-0.15, -0.1) is 0 Å². The van der Waals surface area contributed by atoms with Crippen LogP contribution in [0, 0.1) is 11.3 Å². The van der Waals surface area contributed by atoms with Crippen LogP contribution in [0.15, 0.2) is 0 Å². The highest BCUT2D eigenvalue weighted by Crippen LogP contribution is 2.43. The SMILES string of the molecule is CCOC(OCC)(OCC)C(C)CCC1(C)CC(=O)C1. The fourth-order valence-corrected chi connectivity index (χ4v) is 2.97.